The van der Waals surface area contributed by atoms with E-state index in [0.29, 0.717) is 28.1 Å². The van der Waals surface area contributed by atoms with Gasteiger partial charge < -0.3 is 10.5 Å². The average molecular weight is 281 g/mol. The van der Waals surface area contributed by atoms with Crippen molar-refractivity contribution < 1.29 is 10.0 Å². The van der Waals surface area contributed by atoms with Gasteiger partial charge in [-0.2, -0.15) is 4.73 Å². The number of nitrogens with zero attached hydrogens (tertiary/aromatic N) is 2. The van der Waals surface area contributed by atoms with Gasteiger partial charge in [0.05, 0.1) is 11.2 Å². The molecule has 0 radical (unpaired) electrons. The standard InChI is InChI=1S/C16H15N3O2/c1-10-7-8-14-15(9-10)19(21)16(18-14)12-5-3-4-6-13(12)17-11(2)20/h3-9,21H,1-2H3,(H,17,20). The zero-order valence-corrected chi connectivity index (χ0v) is 11.8. The molecule has 1 heterocycles. The van der Waals surface area contributed by atoms with E-state index in [9.17, 15) is 10.0 Å². The molecule has 3 aromatic rings. The molecule has 0 bridgehead atoms. The van der Waals surface area contributed by atoms with E-state index in [0.717, 1.165) is 10.3 Å². The van der Waals surface area contributed by atoms with Crippen molar-refractivity contribution in [3.8, 4) is 11.4 Å². The first-order valence-corrected chi connectivity index (χ1v) is 6.61. The fraction of sp³-hybridized carbons (Fsp3) is 0.125. The quantitative estimate of drug-likeness (QED) is 0.709. The van der Waals surface area contributed by atoms with Crippen LogP contribution in [0.2, 0.25) is 0 Å². The molecule has 5 heteroatoms. The van der Waals surface area contributed by atoms with Crippen LogP contribution in [0.3, 0.4) is 0 Å². The van der Waals surface area contributed by atoms with Gasteiger partial charge in [-0.25, -0.2) is 4.98 Å². The summed E-state index contributed by atoms with van der Waals surface area (Å²) >= 11 is 0. The number of rotatable bonds is 2. The first kappa shape index (κ1) is 13.2. The lowest BCUT2D eigenvalue weighted by Gasteiger charge is -2.08. The maximum Gasteiger partial charge on any atom is 0.221 e. The van der Waals surface area contributed by atoms with Gasteiger partial charge in [0.15, 0.2) is 5.82 Å². The van der Waals surface area contributed by atoms with Crippen molar-refractivity contribution in [3.05, 3.63) is 48.0 Å². The Bertz CT molecular complexity index is 837. The van der Waals surface area contributed by atoms with Gasteiger partial charge in [-0.05, 0) is 36.8 Å². The Balaban J connectivity index is 2.21. The highest BCUT2D eigenvalue weighted by molar-refractivity contribution is 5.94. The molecule has 106 valence electrons. The Morgan fingerprint density at radius 1 is 1.24 bits per heavy atom. The van der Waals surface area contributed by atoms with Crippen LogP contribution in [-0.2, 0) is 4.79 Å². The molecule has 2 aromatic carbocycles. The smallest absolute Gasteiger partial charge is 0.221 e. The molecular formula is C16H15N3O2. The van der Waals surface area contributed by atoms with Gasteiger partial charge in [0.25, 0.3) is 0 Å². The van der Waals surface area contributed by atoms with Crippen LogP contribution in [0.5, 0.6) is 0 Å². The summed E-state index contributed by atoms with van der Waals surface area (Å²) in [7, 11) is 0. The fourth-order valence-corrected chi connectivity index (χ4v) is 2.32. The third kappa shape index (κ3) is 2.33. The van der Waals surface area contributed by atoms with Crippen molar-refractivity contribution in [2.24, 2.45) is 0 Å². The van der Waals surface area contributed by atoms with Crippen molar-refractivity contribution >= 4 is 22.6 Å². The largest absolute Gasteiger partial charge is 0.426 e. The Labute approximate surface area is 121 Å². The molecule has 0 aliphatic rings. The van der Waals surface area contributed by atoms with E-state index in [1.807, 2.05) is 43.3 Å². The Morgan fingerprint density at radius 3 is 2.76 bits per heavy atom. The third-order valence-corrected chi connectivity index (χ3v) is 3.26. The Hall–Kier alpha value is -2.82. The minimum Gasteiger partial charge on any atom is -0.426 e. The van der Waals surface area contributed by atoms with Crippen molar-refractivity contribution in [1.82, 2.24) is 9.71 Å². The van der Waals surface area contributed by atoms with Gasteiger partial charge >= 0.3 is 0 Å². The summed E-state index contributed by atoms with van der Waals surface area (Å²) in [5.74, 6) is 0.235. The molecule has 0 spiro atoms. The second-order valence-electron chi connectivity index (χ2n) is 4.97. The predicted molar refractivity (Wildman–Crippen MR) is 81.4 cm³/mol. The maximum absolute atomic E-state index is 11.3. The van der Waals surface area contributed by atoms with Crippen LogP contribution >= 0.6 is 0 Å². The van der Waals surface area contributed by atoms with Crippen molar-refractivity contribution in [2.75, 3.05) is 5.32 Å². The maximum atomic E-state index is 11.3. The van der Waals surface area contributed by atoms with E-state index >= 15 is 0 Å². The van der Waals surface area contributed by atoms with Gasteiger partial charge in [-0.1, -0.05) is 18.2 Å². The summed E-state index contributed by atoms with van der Waals surface area (Å²) in [5.41, 5.74) is 3.68. The number of benzene rings is 2. The highest BCUT2D eigenvalue weighted by Crippen LogP contribution is 2.29. The van der Waals surface area contributed by atoms with Crippen molar-refractivity contribution in [2.45, 2.75) is 13.8 Å². The number of hydrogen-bond acceptors (Lipinski definition) is 3. The highest BCUT2D eigenvalue weighted by atomic mass is 16.5. The summed E-state index contributed by atoms with van der Waals surface area (Å²) < 4.78 is 1.06. The highest BCUT2D eigenvalue weighted by Gasteiger charge is 2.15. The molecule has 5 nitrogen and oxygen atoms in total. The first-order chi connectivity index (χ1) is 10.1. The van der Waals surface area contributed by atoms with Crippen LogP contribution < -0.4 is 5.32 Å². The molecule has 1 aromatic heterocycles. The van der Waals surface area contributed by atoms with Gasteiger partial charge in [0, 0.05) is 12.5 Å². The van der Waals surface area contributed by atoms with E-state index in [2.05, 4.69) is 10.3 Å². The van der Waals surface area contributed by atoms with E-state index < -0.39 is 0 Å². The number of hydrogen-bond donors (Lipinski definition) is 2. The minimum absolute atomic E-state index is 0.168. The normalized spacial score (nSPS) is 10.8. The average Bonchev–Trinajstić information content (AvgIpc) is 2.76. The number of anilines is 1. The molecule has 3 rings (SSSR count). The summed E-state index contributed by atoms with van der Waals surface area (Å²) in [6.45, 7) is 3.40. The van der Waals surface area contributed by atoms with E-state index in [4.69, 9.17) is 0 Å². The second kappa shape index (κ2) is 4.94. The van der Waals surface area contributed by atoms with E-state index in [1.165, 1.54) is 6.92 Å². The summed E-state index contributed by atoms with van der Waals surface area (Å²) in [6, 6.07) is 12.9. The van der Waals surface area contributed by atoms with Gasteiger partial charge in [0.1, 0.15) is 5.52 Å². The molecule has 0 fully saturated rings. The molecule has 2 N–H and O–H groups in total. The lowest BCUT2D eigenvalue weighted by atomic mass is 10.1. The Morgan fingerprint density at radius 2 is 2.00 bits per heavy atom. The molecule has 0 atom stereocenters. The van der Waals surface area contributed by atoms with E-state index in [1.54, 1.807) is 6.07 Å². The minimum atomic E-state index is -0.168. The number of aromatic nitrogens is 2. The number of imidazole rings is 1. The molecular weight excluding hydrogens is 266 g/mol. The third-order valence-electron chi connectivity index (χ3n) is 3.26. The number of amides is 1. The molecule has 1 amide bonds. The van der Waals surface area contributed by atoms with Crippen LogP contribution in [0.25, 0.3) is 22.4 Å². The number of carbonyl (C=O) groups is 1. The number of aryl methyl sites for hydroxylation is 1. The van der Waals surface area contributed by atoms with Gasteiger partial charge in [0.2, 0.25) is 5.91 Å². The van der Waals surface area contributed by atoms with Crippen LogP contribution in [0.15, 0.2) is 42.5 Å². The molecule has 0 saturated heterocycles. The molecule has 0 unspecified atom stereocenters. The Kier molecular flexibility index (Phi) is 3.10. The monoisotopic (exact) mass is 281 g/mol. The summed E-state index contributed by atoms with van der Waals surface area (Å²) in [4.78, 5) is 15.8. The number of carbonyl (C=O) groups excluding carboxylic acids is 1. The second-order valence-corrected chi connectivity index (χ2v) is 4.97. The molecule has 0 saturated carbocycles. The zero-order valence-electron chi connectivity index (χ0n) is 11.8. The zero-order chi connectivity index (χ0) is 15.0. The van der Waals surface area contributed by atoms with Crippen LogP contribution in [-0.4, -0.2) is 20.8 Å². The van der Waals surface area contributed by atoms with Crippen LogP contribution in [0.4, 0.5) is 5.69 Å². The first-order valence-electron chi connectivity index (χ1n) is 6.61. The van der Waals surface area contributed by atoms with Gasteiger partial charge in [-0.3, -0.25) is 4.79 Å². The number of fused-ring (bicyclic) bond motifs is 1. The van der Waals surface area contributed by atoms with Crippen LogP contribution in [0, 0.1) is 6.92 Å². The topological polar surface area (TPSA) is 67.2 Å². The number of nitrogens with one attached hydrogen (secondary N) is 1. The predicted octanol–water partition coefficient (Wildman–Crippen LogP) is 3.21. The number of para-hydroxylation sites is 1. The molecule has 21 heavy (non-hydrogen) atoms. The SMILES string of the molecule is CC(=O)Nc1ccccc1-c1nc2ccc(C)cc2n1O. The van der Waals surface area contributed by atoms with E-state index in [-0.39, 0.29) is 5.91 Å². The lowest BCUT2D eigenvalue weighted by molar-refractivity contribution is -0.114. The van der Waals surface area contributed by atoms with Crippen molar-refractivity contribution in [1.29, 1.82) is 0 Å². The molecule has 0 aliphatic carbocycles. The van der Waals surface area contributed by atoms with Gasteiger partial charge in [-0.15, -0.1) is 0 Å². The molecule has 0 aliphatic heterocycles. The summed E-state index contributed by atoms with van der Waals surface area (Å²) in [6.07, 6.45) is 0. The lowest BCUT2D eigenvalue weighted by Crippen LogP contribution is -2.07. The summed E-state index contributed by atoms with van der Waals surface area (Å²) in [5, 5.41) is 13.1. The van der Waals surface area contributed by atoms with Crippen LogP contribution in [0.1, 0.15) is 12.5 Å². The fourth-order valence-electron chi connectivity index (χ4n) is 2.32. The van der Waals surface area contributed by atoms with Crippen molar-refractivity contribution in [3.63, 3.8) is 0 Å².